The highest BCUT2D eigenvalue weighted by atomic mass is 32.1. The van der Waals surface area contributed by atoms with Gasteiger partial charge in [0, 0.05) is 10.4 Å². The lowest BCUT2D eigenvalue weighted by atomic mass is 9.92. The van der Waals surface area contributed by atoms with Gasteiger partial charge in [0.05, 0.1) is 11.3 Å². The average molecular weight is 270 g/mol. The number of nitrogens with zero attached hydrogens (tertiary/aromatic N) is 1. The van der Waals surface area contributed by atoms with Crippen molar-refractivity contribution >= 4 is 16.5 Å². The lowest BCUT2D eigenvalue weighted by Gasteiger charge is -2.17. The fourth-order valence-corrected chi connectivity index (χ4v) is 3.05. The second-order valence-electron chi connectivity index (χ2n) is 4.19. The molecule has 0 amide bonds. The molecular weight excluding hydrogens is 261 g/mol. The summed E-state index contributed by atoms with van der Waals surface area (Å²) in [5.41, 5.74) is 7.25. The van der Waals surface area contributed by atoms with Gasteiger partial charge in [-0.1, -0.05) is 6.07 Å². The predicted molar refractivity (Wildman–Crippen MR) is 64.4 cm³/mol. The van der Waals surface area contributed by atoms with Gasteiger partial charge in [0.15, 0.2) is 5.13 Å². The summed E-state index contributed by atoms with van der Waals surface area (Å²) in [4.78, 5) is 5.25. The van der Waals surface area contributed by atoms with E-state index in [0.717, 1.165) is 22.2 Å². The molecule has 6 heteroatoms. The average Bonchev–Trinajstić information content (AvgIpc) is 2.68. The van der Waals surface area contributed by atoms with E-state index in [1.807, 2.05) is 0 Å². The molecule has 2 nitrogen and oxygen atoms in total. The Balaban J connectivity index is 2.14. The summed E-state index contributed by atoms with van der Waals surface area (Å²) in [6.07, 6.45) is -2.98. The van der Waals surface area contributed by atoms with E-state index in [0.29, 0.717) is 23.5 Å². The molecule has 1 aromatic heterocycles. The maximum atomic E-state index is 12.6. The molecule has 0 unspecified atom stereocenters. The van der Waals surface area contributed by atoms with Gasteiger partial charge in [-0.15, -0.1) is 11.3 Å². The normalized spacial score (nSPS) is 14.2. The van der Waals surface area contributed by atoms with E-state index < -0.39 is 11.7 Å². The Kier molecular flexibility index (Phi) is 2.38. The minimum absolute atomic E-state index is 0.466. The van der Waals surface area contributed by atoms with Gasteiger partial charge in [-0.25, -0.2) is 4.98 Å². The number of rotatable bonds is 0. The highest BCUT2D eigenvalue weighted by molar-refractivity contribution is 7.15. The van der Waals surface area contributed by atoms with Crippen LogP contribution >= 0.6 is 11.3 Å². The third-order valence-corrected chi connectivity index (χ3v) is 3.97. The molecule has 0 bridgehead atoms. The van der Waals surface area contributed by atoms with Crippen molar-refractivity contribution in [1.82, 2.24) is 4.98 Å². The quantitative estimate of drug-likeness (QED) is 0.795. The zero-order chi connectivity index (χ0) is 12.9. The van der Waals surface area contributed by atoms with Gasteiger partial charge in [-0.3, -0.25) is 0 Å². The Morgan fingerprint density at radius 2 is 2.00 bits per heavy atom. The molecule has 2 aromatic rings. The number of fused-ring (bicyclic) bond motifs is 3. The smallest absolute Gasteiger partial charge is 0.375 e. The predicted octanol–water partition coefficient (Wildman–Crippen LogP) is 3.51. The molecule has 0 atom stereocenters. The van der Waals surface area contributed by atoms with Crippen LogP contribution in [0.3, 0.4) is 0 Å². The number of hydrogen-bond donors (Lipinski definition) is 1. The fraction of sp³-hybridized carbons (Fsp3) is 0.250. The first-order valence-electron chi connectivity index (χ1n) is 5.41. The number of thiazole rings is 1. The molecule has 0 fully saturated rings. The van der Waals surface area contributed by atoms with Gasteiger partial charge < -0.3 is 5.73 Å². The van der Waals surface area contributed by atoms with Crippen molar-refractivity contribution in [3.63, 3.8) is 0 Å². The molecule has 0 spiro atoms. The molecular formula is C12H9F3N2S. The van der Waals surface area contributed by atoms with Crippen LogP contribution in [0.2, 0.25) is 0 Å². The highest BCUT2D eigenvalue weighted by Crippen LogP contribution is 2.39. The van der Waals surface area contributed by atoms with Gasteiger partial charge in [-0.2, -0.15) is 13.2 Å². The minimum Gasteiger partial charge on any atom is -0.375 e. The molecule has 1 aliphatic rings. The number of nitrogens with two attached hydrogens (primary N) is 1. The summed E-state index contributed by atoms with van der Waals surface area (Å²) in [5, 5.41) is 0.466. The molecule has 0 aliphatic heterocycles. The Labute approximate surface area is 105 Å². The molecule has 1 aromatic carbocycles. The van der Waals surface area contributed by atoms with Gasteiger partial charge >= 0.3 is 6.18 Å². The Morgan fingerprint density at radius 1 is 1.22 bits per heavy atom. The number of hydrogen-bond acceptors (Lipinski definition) is 3. The van der Waals surface area contributed by atoms with Crippen LogP contribution < -0.4 is 5.73 Å². The summed E-state index contributed by atoms with van der Waals surface area (Å²) in [7, 11) is 0. The summed E-state index contributed by atoms with van der Waals surface area (Å²) >= 11 is 1.41. The van der Waals surface area contributed by atoms with E-state index >= 15 is 0 Å². The zero-order valence-electron chi connectivity index (χ0n) is 9.21. The van der Waals surface area contributed by atoms with Crippen molar-refractivity contribution in [3.05, 3.63) is 34.2 Å². The van der Waals surface area contributed by atoms with Crippen LogP contribution in [0.25, 0.3) is 11.3 Å². The first-order chi connectivity index (χ1) is 8.45. The van der Waals surface area contributed by atoms with Crippen LogP contribution in [-0.2, 0) is 19.0 Å². The number of alkyl halides is 3. The van der Waals surface area contributed by atoms with Crippen molar-refractivity contribution < 1.29 is 13.2 Å². The number of aromatic nitrogens is 1. The third-order valence-electron chi connectivity index (χ3n) is 3.02. The molecule has 0 radical (unpaired) electrons. The van der Waals surface area contributed by atoms with Gasteiger partial charge in [0.25, 0.3) is 0 Å². The molecule has 3 rings (SSSR count). The van der Waals surface area contributed by atoms with Gasteiger partial charge in [-0.05, 0) is 30.5 Å². The zero-order valence-corrected chi connectivity index (χ0v) is 10.0. The second kappa shape index (κ2) is 3.71. The monoisotopic (exact) mass is 270 g/mol. The van der Waals surface area contributed by atoms with Crippen LogP contribution in [0.15, 0.2) is 18.2 Å². The number of anilines is 1. The number of benzene rings is 1. The SMILES string of the molecule is Nc1nc2c(s1)CCc1cc(C(F)(F)F)ccc1-2. The number of halogens is 3. The van der Waals surface area contributed by atoms with E-state index in [1.165, 1.54) is 23.5 Å². The van der Waals surface area contributed by atoms with Crippen LogP contribution in [0, 0.1) is 0 Å². The summed E-state index contributed by atoms with van der Waals surface area (Å²) < 4.78 is 37.9. The molecule has 0 saturated carbocycles. The maximum absolute atomic E-state index is 12.6. The largest absolute Gasteiger partial charge is 0.416 e. The fourth-order valence-electron chi connectivity index (χ4n) is 2.21. The van der Waals surface area contributed by atoms with E-state index in [-0.39, 0.29) is 0 Å². The second-order valence-corrected chi connectivity index (χ2v) is 5.31. The lowest BCUT2D eigenvalue weighted by molar-refractivity contribution is -0.137. The Bertz CT molecular complexity index is 616. The molecule has 1 heterocycles. The summed E-state index contributed by atoms with van der Waals surface area (Å²) in [6, 6.07) is 3.81. The van der Waals surface area contributed by atoms with Crippen molar-refractivity contribution in [2.24, 2.45) is 0 Å². The molecule has 1 aliphatic carbocycles. The Hall–Kier alpha value is -1.56. The summed E-state index contributed by atoms with van der Waals surface area (Å²) in [5.74, 6) is 0. The van der Waals surface area contributed by atoms with Crippen molar-refractivity contribution in [1.29, 1.82) is 0 Å². The van der Waals surface area contributed by atoms with E-state index in [4.69, 9.17) is 5.73 Å². The maximum Gasteiger partial charge on any atom is 0.416 e. The van der Waals surface area contributed by atoms with Crippen molar-refractivity contribution in [3.8, 4) is 11.3 Å². The van der Waals surface area contributed by atoms with Crippen molar-refractivity contribution in [2.45, 2.75) is 19.0 Å². The van der Waals surface area contributed by atoms with E-state index in [1.54, 1.807) is 0 Å². The number of nitrogen functional groups attached to an aromatic ring is 1. The van der Waals surface area contributed by atoms with E-state index in [2.05, 4.69) is 4.98 Å². The van der Waals surface area contributed by atoms with Gasteiger partial charge in [0.1, 0.15) is 0 Å². The van der Waals surface area contributed by atoms with Crippen LogP contribution in [0.4, 0.5) is 18.3 Å². The molecule has 2 N–H and O–H groups in total. The number of aryl methyl sites for hydroxylation is 2. The van der Waals surface area contributed by atoms with Crippen molar-refractivity contribution in [2.75, 3.05) is 5.73 Å². The molecule has 0 saturated heterocycles. The van der Waals surface area contributed by atoms with Crippen LogP contribution in [0.5, 0.6) is 0 Å². The lowest BCUT2D eigenvalue weighted by Crippen LogP contribution is -2.08. The van der Waals surface area contributed by atoms with E-state index in [9.17, 15) is 13.2 Å². The highest BCUT2D eigenvalue weighted by Gasteiger charge is 2.32. The molecule has 18 heavy (non-hydrogen) atoms. The first kappa shape index (κ1) is 11.5. The van der Waals surface area contributed by atoms with Gasteiger partial charge in [0.2, 0.25) is 0 Å². The van der Waals surface area contributed by atoms with Crippen LogP contribution in [0.1, 0.15) is 16.0 Å². The minimum atomic E-state index is -4.30. The molecule has 94 valence electrons. The third kappa shape index (κ3) is 1.77. The topological polar surface area (TPSA) is 38.9 Å². The standard InChI is InChI=1S/C12H9F3N2S/c13-12(14,15)7-2-3-8-6(5-7)1-4-9-10(8)17-11(16)18-9/h2-3,5H,1,4H2,(H2,16,17). The first-order valence-corrected chi connectivity index (χ1v) is 6.22. The Morgan fingerprint density at radius 3 is 2.72 bits per heavy atom. The van der Waals surface area contributed by atoms with Crippen LogP contribution in [-0.4, -0.2) is 4.98 Å². The summed E-state index contributed by atoms with van der Waals surface area (Å²) in [6.45, 7) is 0.